The van der Waals surface area contributed by atoms with Gasteiger partial charge < -0.3 is 5.11 Å². The maximum Gasteiger partial charge on any atom is 0.231 e. The first kappa shape index (κ1) is 19.6. The number of halogens is 2. The lowest BCUT2D eigenvalue weighted by molar-refractivity contribution is -0.126. The summed E-state index contributed by atoms with van der Waals surface area (Å²) in [6.45, 7) is 0. The normalized spacial score (nSPS) is 30.3. The van der Waals surface area contributed by atoms with Crippen molar-refractivity contribution in [1.29, 1.82) is 0 Å². The number of phenols is 1. The van der Waals surface area contributed by atoms with Crippen LogP contribution in [-0.2, 0) is 19.2 Å². The second-order valence-corrected chi connectivity index (χ2v) is 9.72. The minimum absolute atomic E-state index is 0.000425. The number of carbonyl (C=O) groups is 4. The molecule has 2 N–H and O–H groups in total. The molecule has 4 atom stereocenters. The van der Waals surface area contributed by atoms with Crippen molar-refractivity contribution in [2.75, 3.05) is 0 Å². The van der Waals surface area contributed by atoms with Crippen LogP contribution in [0.25, 0.3) is 0 Å². The second kappa shape index (κ2) is 6.85. The van der Waals surface area contributed by atoms with Gasteiger partial charge in [0, 0.05) is 33.2 Å². The number of carbonyl (C=O) groups excluding carboxylic acids is 4. The van der Waals surface area contributed by atoms with E-state index in [1.807, 2.05) is 6.08 Å². The average Bonchev–Trinajstić information content (AvgIpc) is 3.00. The Balaban J connectivity index is 1.75. The fourth-order valence-electron chi connectivity index (χ4n) is 5.23. The van der Waals surface area contributed by atoms with Gasteiger partial charge in [-0.25, -0.2) is 0 Å². The van der Waals surface area contributed by atoms with Crippen molar-refractivity contribution < 1.29 is 24.3 Å². The number of Topliss-reactive ketones (excluding diaryl/α,β-unsaturated/α-hetero) is 1. The van der Waals surface area contributed by atoms with E-state index in [0.717, 1.165) is 5.57 Å². The van der Waals surface area contributed by atoms with Crippen LogP contribution in [0, 0.1) is 17.8 Å². The molecule has 1 heterocycles. The Bertz CT molecular complexity index is 1160. The van der Waals surface area contributed by atoms with Gasteiger partial charge in [0.25, 0.3) is 0 Å². The molecule has 1 aromatic rings. The summed E-state index contributed by atoms with van der Waals surface area (Å²) in [6.07, 6.45) is 3.76. The Morgan fingerprint density at radius 1 is 1.03 bits per heavy atom. The lowest BCUT2D eigenvalue weighted by atomic mass is 9.59. The molecule has 0 radical (unpaired) electrons. The summed E-state index contributed by atoms with van der Waals surface area (Å²) in [6, 6.07) is 4.94. The van der Waals surface area contributed by atoms with Crippen LogP contribution >= 0.6 is 31.9 Å². The third-order valence-electron chi connectivity index (χ3n) is 6.47. The molecule has 6 nitrogen and oxygen atoms in total. The SMILES string of the molecule is O=C1C=C(Br)C(=O)C2=C1[C@@H](c1cc(Br)ccc1O)C1=CC[C@@H]3C(=O)NC(=O)[C@@H]3[C@@H]1C2. The molecule has 4 aliphatic rings. The molecule has 1 saturated heterocycles. The van der Waals surface area contributed by atoms with E-state index in [4.69, 9.17) is 0 Å². The highest BCUT2D eigenvalue weighted by molar-refractivity contribution is 9.12. The summed E-state index contributed by atoms with van der Waals surface area (Å²) < 4.78 is 0.893. The minimum Gasteiger partial charge on any atom is -0.508 e. The lowest BCUT2D eigenvalue weighted by Gasteiger charge is -2.42. The molecule has 1 aromatic carbocycles. The van der Waals surface area contributed by atoms with Gasteiger partial charge in [-0.3, -0.25) is 24.5 Å². The quantitative estimate of drug-likeness (QED) is 0.328. The van der Waals surface area contributed by atoms with E-state index in [1.54, 1.807) is 12.1 Å². The van der Waals surface area contributed by atoms with Gasteiger partial charge in [0.05, 0.1) is 16.3 Å². The zero-order valence-electron chi connectivity index (χ0n) is 15.4. The standard InChI is InChI=1S/C22H15Br2NO5/c23-8-1-4-15(26)12(5-8)17-9-2-3-10-18(22(30)25-21(10)29)11(9)6-13-19(17)16(27)7-14(24)20(13)28/h1-2,4-5,7,10-11,17-18,26H,3,6H2,(H,25,29,30)/t10-,11+,17+,18-/m0/s1. The first-order chi connectivity index (χ1) is 14.3. The predicted molar refractivity (Wildman–Crippen MR) is 114 cm³/mol. The molecule has 0 spiro atoms. The summed E-state index contributed by atoms with van der Waals surface area (Å²) in [5.41, 5.74) is 1.97. The minimum atomic E-state index is -0.658. The van der Waals surface area contributed by atoms with Gasteiger partial charge in [-0.2, -0.15) is 0 Å². The maximum atomic E-state index is 13.0. The lowest BCUT2D eigenvalue weighted by Crippen LogP contribution is -2.39. The van der Waals surface area contributed by atoms with Crippen molar-refractivity contribution in [3.05, 3.63) is 61.6 Å². The monoisotopic (exact) mass is 531 g/mol. The number of rotatable bonds is 1. The molecule has 8 heteroatoms. The summed E-state index contributed by atoms with van der Waals surface area (Å²) in [5.74, 6) is -3.35. The van der Waals surface area contributed by atoms with Crippen LogP contribution in [0.15, 0.2) is 56.0 Å². The largest absolute Gasteiger partial charge is 0.508 e. The summed E-state index contributed by atoms with van der Waals surface area (Å²) in [7, 11) is 0. The van der Waals surface area contributed by atoms with E-state index in [9.17, 15) is 24.3 Å². The van der Waals surface area contributed by atoms with E-state index >= 15 is 0 Å². The predicted octanol–water partition coefficient (Wildman–Crippen LogP) is 3.20. The Hall–Kier alpha value is -2.32. The van der Waals surface area contributed by atoms with E-state index in [1.165, 1.54) is 12.1 Å². The molecule has 0 aromatic heterocycles. The molecule has 152 valence electrons. The fourth-order valence-corrected chi connectivity index (χ4v) is 6.06. The number of nitrogens with one attached hydrogen (secondary N) is 1. The van der Waals surface area contributed by atoms with Gasteiger partial charge in [-0.05, 0) is 52.9 Å². The summed E-state index contributed by atoms with van der Waals surface area (Å²) in [4.78, 5) is 50.8. The summed E-state index contributed by atoms with van der Waals surface area (Å²) in [5, 5.41) is 13.0. The van der Waals surface area contributed by atoms with Gasteiger partial charge in [-0.1, -0.05) is 27.6 Å². The fraction of sp³-hybridized carbons (Fsp3) is 0.273. The number of hydrogen-bond acceptors (Lipinski definition) is 5. The van der Waals surface area contributed by atoms with Gasteiger partial charge in [0.1, 0.15) is 5.75 Å². The molecule has 30 heavy (non-hydrogen) atoms. The van der Waals surface area contributed by atoms with Gasteiger partial charge in [0.2, 0.25) is 11.8 Å². The van der Waals surface area contributed by atoms with Crippen molar-refractivity contribution >= 4 is 55.2 Å². The van der Waals surface area contributed by atoms with E-state index in [0.29, 0.717) is 27.6 Å². The molecular weight excluding hydrogens is 518 g/mol. The number of phenolic OH excluding ortho intramolecular Hbond substituents is 1. The molecule has 5 rings (SSSR count). The highest BCUT2D eigenvalue weighted by Gasteiger charge is 2.53. The third-order valence-corrected chi connectivity index (χ3v) is 7.56. The number of hydrogen-bond donors (Lipinski definition) is 2. The number of imide groups is 1. The highest BCUT2D eigenvalue weighted by Crippen LogP contribution is 2.55. The first-order valence-corrected chi connectivity index (χ1v) is 11.1. The zero-order valence-corrected chi connectivity index (χ0v) is 18.6. The number of ketones is 2. The van der Waals surface area contributed by atoms with Gasteiger partial charge >= 0.3 is 0 Å². The molecule has 0 saturated carbocycles. The molecule has 1 fully saturated rings. The molecule has 0 unspecified atom stereocenters. The Morgan fingerprint density at radius 2 is 1.80 bits per heavy atom. The number of amides is 2. The van der Waals surface area contributed by atoms with E-state index < -0.39 is 23.7 Å². The van der Waals surface area contributed by atoms with Crippen LogP contribution in [0.2, 0.25) is 0 Å². The number of benzene rings is 1. The Kier molecular flexibility index (Phi) is 4.48. The molecule has 0 bridgehead atoms. The van der Waals surface area contributed by atoms with Crippen LogP contribution in [-0.4, -0.2) is 28.5 Å². The number of allylic oxidation sites excluding steroid dienone is 6. The smallest absolute Gasteiger partial charge is 0.231 e. The summed E-state index contributed by atoms with van der Waals surface area (Å²) >= 11 is 6.59. The average molecular weight is 533 g/mol. The Morgan fingerprint density at radius 3 is 2.57 bits per heavy atom. The van der Waals surface area contributed by atoms with Crippen LogP contribution in [0.1, 0.15) is 24.3 Å². The molecular formula is C22H15Br2NO5. The third kappa shape index (κ3) is 2.73. The van der Waals surface area contributed by atoms with Crippen molar-refractivity contribution in [1.82, 2.24) is 5.32 Å². The van der Waals surface area contributed by atoms with Gasteiger partial charge in [-0.15, -0.1) is 0 Å². The number of aromatic hydroxyl groups is 1. The molecule has 3 aliphatic carbocycles. The van der Waals surface area contributed by atoms with Gasteiger partial charge in [0.15, 0.2) is 11.6 Å². The van der Waals surface area contributed by atoms with Crippen molar-refractivity contribution in [3.8, 4) is 5.75 Å². The highest BCUT2D eigenvalue weighted by atomic mass is 79.9. The first-order valence-electron chi connectivity index (χ1n) is 9.50. The van der Waals surface area contributed by atoms with E-state index in [2.05, 4.69) is 37.2 Å². The van der Waals surface area contributed by atoms with Crippen LogP contribution in [0.3, 0.4) is 0 Å². The van der Waals surface area contributed by atoms with Crippen LogP contribution in [0.5, 0.6) is 5.75 Å². The van der Waals surface area contributed by atoms with Crippen molar-refractivity contribution in [2.45, 2.75) is 18.8 Å². The maximum absolute atomic E-state index is 13.0. The topological polar surface area (TPSA) is 101 Å². The van der Waals surface area contributed by atoms with Crippen molar-refractivity contribution in [3.63, 3.8) is 0 Å². The molecule has 2 amide bonds. The second-order valence-electron chi connectivity index (χ2n) is 7.95. The van der Waals surface area contributed by atoms with Crippen LogP contribution in [0.4, 0.5) is 0 Å². The number of fused-ring (bicyclic) bond motifs is 3. The Labute approximate surface area is 188 Å². The van der Waals surface area contributed by atoms with Crippen LogP contribution < -0.4 is 5.32 Å². The zero-order chi connectivity index (χ0) is 21.3. The molecule has 1 aliphatic heterocycles. The van der Waals surface area contributed by atoms with Crippen molar-refractivity contribution in [2.24, 2.45) is 17.8 Å². The van der Waals surface area contributed by atoms with E-state index in [-0.39, 0.29) is 40.0 Å².